The molecular weight excluding hydrogens is 368 g/mol. The molecule has 0 aliphatic heterocycles. The molecule has 28 heavy (non-hydrogen) atoms. The number of carbonyl (C=O) groups excluding carboxylic acids is 1. The van der Waals surface area contributed by atoms with Crippen molar-refractivity contribution in [2.75, 3.05) is 19.5 Å². The predicted octanol–water partition coefficient (Wildman–Crippen LogP) is 2.21. The number of benzene rings is 2. The second kappa shape index (κ2) is 9.67. The summed E-state index contributed by atoms with van der Waals surface area (Å²) in [5.74, 6) is -0.0321. The van der Waals surface area contributed by atoms with E-state index in [0.29, 0.717) is 17.8 Å². The second-order valence-corrected chi connectivity index (χ2v) is 6.29. The highest BCUT2D eigenvalue weighted by molar-refractivity contribution is 5.93. The summed E-state index contributed by atoms with van der Waals surface area (Å²) in [6.45, 7) is -0.682. The summed E-state index contributed by atoms with van der Waals surface area (Å²) < 4.78 is 34.4. The van der Waals surface area contributed by atoms with Gasteiger partial charge in [0.15, 0.2) is 17.5 Å². The smallest absolute Gasteiger partial charge is 0.387 e. The summed E-state index contributed by atoms with van der Waals surface area (Å²) in [6, 6.07) is 13.0. The monoisotopic (exact) mass is 390 g/mol. The molecule has 0 aromatic heterocycles. The summed E-state index contributed by atoms with van der Waals surface area (Å²) in [5, 5.41) is 11.7. The Balaban J connectivity index is 2.03. The molecule has 0 fully saturated rings. The van der Waals surface area contributed by atoms with Crippen molar-refractivity contribution >= 4 is 11.6 Å². The topological polar surface area (TPSA) is 75.8 Å². The normalized spacial score (nSPS) is 12.8. The second-order valence-electron chi connectivity index (χ2n) is 6.29. The molecule has 2 aromatic rings. The van der Waals surface area contributed by atoms with Gasteiger partial charge in [0.25, 0.3) is 5.91 Å². The maximum absolute atomic E-state index is 12.5. The molecule has 0 spiro atoms. The Morgan fingerprint density at radius 1 is 1.25 bits per heavy atom. The third-order valence-corrected chi connectivity index (χ3v) is 4.32. The van der Waals surface area contributed by atoms with E-state index in [4.69, 9.17) is 10.00 Å². The van der Waals surface area contributed by atoms with Gasteiger partial charge in [-0.1, -0.05) is 6.07 Å². The number of alkyl halides is 2. The number of nitrogens with one attached hydrogen (secondary N) is 2. The Labute approximate surface area is 162 Å². The Bertz CT molecular complexity index is 868. The molecule has 0 bridgehead atoms. The fourth-order valence-electron chi connectivity index (χ4n) is 2.63. The van der Waals surface area contributed by atoms with E-state index in [2.05, 4.69) is 10.1 Å². The van der Waals surface area contributed by atoms with Crippen LogP contribution >= 0.6 is 0 Å². The number of nitrogens with zero attached hydrogens (tertiary/aromatic N) is 1. The van der Waals surface area contributed by atoms with Gasteiger partial charge in [-0.15, -0.1) is 0 Å². The van der Waals surface area contributed by atoms with Crippen molar-refractivity contribution in [2.24, 2.45) is 0 Å². The van der Waals surface area contributed by atoms with Gasteiger partial charge >= 0.3 is 6.61 Å². The number of methoxy groups -OCH3 is 1. The minimum absolute atomic E-state index is 0.0398. The van der Waals surface area contributed by atoms with Gasteiger partial charge in [0.2, 0.25) is 0 Å². The van der Waals surface area contributed by atoms with Crippen LogP contribution in [0.2, 0.25) is 0 Å². The standard InChI is InChI=1S/C20H21F2N3O3/c1-13(19(26)24-16-6-4-5-14(9-16)11-23)25(2)12-15-7-8-17(28-20(21)22)18(10-15)27-3/h4-10,13,20H,12H2,1-3H3,(H,24,26)/p+1/t13-/m1/s1. The van der Waals surface area contributed by atoms with E-state index in [-0.39, 0.29) is 17.4 Å². The van der Waals surface area contributed by atoms with Crippen molar-refractivity contribution in [1.29, 1.82) is 5.26 Å². The number of halogens is 2. The molecular formula is C20H22F2N3O3+. The maximum Gasteiger partial charge on any atom is 0.387 e. The van der Waals surface area contributed by atoms with E-state index in [0.717, 1.165) is 10.5 Å². The molecule has 0 saturated heterocycles. The molecule has 2 N–H and O–H groups in total. The minimum Gasteiger partial charge on any atom is -0.493 e. The number of quaternary nitrogens is 1. The van der Waals surface area contributed by atoms with Crippen LogP contribution in [-0.4, -0.2) is 32.7 Å². The van der Waals surface area contributed by atoms with Crippen LogP contribution in [0.15, 0.2) is 42.5 Å². The van der Waals surface area contributed by atoms with Crippen molar-refractivity contribution in [3.05, 3.63) is 53.6 Å². The Kier molecular flexibility index (Phi) is 7.29. The van der Waals surface area contributed by atoms with Crippen LogP contribution < -0.4 is 19.7 Å². The van der Waals surface area contributed by atoms with Gasteiger partial charge in [-0.2, -0.15) is 14.0 Å². The lowest BCUT2D eigenvalue weighted by Gasteiger charge is -2.21. The summed E-state index contributed by atoms with van der Waals surface area (Å²) in [4.78, 5) is 13.4. The van der Waals surface area contributed by atoms with Gasteiger partial charge < -0.3 is 19.7 Å². The highest BCUT2D eigenvalue weighted by Crippen LogP contribution is 2.29. The molecule has 0 heterocycles. The van der Waals surface area contributed by atoms with Gasteiger partial charge in [-0.25, -0.2) is 0 Å². The molecule has 2 atom stereocenters. The number of anilines is 1. The van der Waals surface area contributed by atoms with Crippen molar-refractivity contribution in [3.8, 4) is 17.6 Å². The lowest BCUT2D eigenvalue weighted by Crippen LogP contribution is -3.12. The van der Waals surface area contributed by atoms with Crippen LogP contribution in [0.4, 0.5) is 14.5 Å². The van der Waals surface area contributed by atoms with E-state index in [1.54, 1.807) is 43.3 Å². The number of amides is 1. The van der Waals surface area contributed by atoms with Gasteiger partial charge in [0.1, 0.15) is 6.54 Å². The number of rotatable bonds is 8. The number of hydrogen-bond donors (Lipinski definition) is 2. The van der Waals surface area contributed by atoms with Gasteiger partial charge in [0.05, 0.1) is 25.8 Å². The van der Waals surface area contributed by atoms with Crippen molar-refractivity contribution in [3.63, 3.8) is 0 Å². The van der Waals surface area contributed by atoms with Gasteiger partial charge in [-0.3, -0.25) is 4.79 Å². The van der Waals surface area contributed by atoms with E-state index < -0.39 is 12.7 Å². The highest BCUT2D eigenvalue weighted by Gasteiger charge is 2.23. The number of hydrogen-bond acceptors (Lipinski definition) is 4. The maximum atomic E-state index is 12.5. The average molecular weight is 390 g/mol. The zero-order valence-electron chi connectivity index (χ0n) is 15.8. The minimum atomic E-state index is -2.93. The summed E-state index contributed by atoms with van der Waals surface area (Å²) in [6.07, 6.45) is 0. The van der Waals surface area contributed by atoms with Crippen LogP contribution in [0.5, 0.6) is 11.5 Å². The first kappa shape index (κ1) is 21.1. The molecule has 1 unspecified atom stereocenters. The molecule has 6 nitrogen and oxygen atoms in total. The lowest BCUT2D eigenvalue weighted by atomic mass is 10.1. The van der Waals surface area contributed by atoms with Crippen LogP contribution in [0.1, 0.15) is 18.1 Å². The zero-order valence-corrected chi connectivity index (χ0v) is 15.8. The summed E-state index contributed by atoms with van der Waals surface area (Å²) >= 11 is 0. The quantitative estimate of drug-likeness (QED) is 0.725. The molecule has 0 radical (unpaired) electrons. The van der Waals surface area contributed by atoms with E-state index in [1.165, 1.54) is 13.2 Å². The molecule has 0 saturated carbocycles. The van der Waals surface area contributed by atoms with Gasteiger partial charge in [-0.05, 0) is 43.3 Å². The number of nitriles is 1. The van der Waals surface area contributed by atoms with Crippen LogP contribution in [0.25, 0.3) is 0 Å². The van der Waals surface area contributed by atoms with Crippen molar-refractivity contribution in [1.82, 2.24) is 0 Å². The van der Waals surface area contributed by atoms with Crippen molar-refractivity contribution in [2.45, 2.75) is 26.1 Å². The van der Waals surface area contributed by atoms with E-state index >= 15 is 0 Å². The summed E-state index contributed by atoms with van der Waals surface area (Å²) in [7, 11) is 3.23. The van der Waals surface area contributed by atoms with Crippen molar-refractivity contribution < 1.29 is 27.9 Å². The molecule has 1 amide bonds. The zero-order chi connectivity index (χ0) is 20.7. The van der Waals surface area contributed by atoms with Crippen LogP contribution in [0.3, 0.4) is 0 Å². The number of likely N-dealkylation sites (N-methyl/N-ethyl adjacent to an activating group) is 1. The third-order valence-electron chi connectivity index (χ3n) is 4.32. The summed E-state index contributed by atoms with van der Waals surface area (Å²) in [5.41, 5.74) is 1.82. The largest absolute Gasteiger partial charge is 0.493 e. The first-order chi connectivity index (χ1) is 13.3. The molecule has 148 valence electrons. The Hall–Kier alpha value is -3.18. The number of carbonyl (C=O) groups is 1. The van der Waals surface area contributed by atoms with E-state index in [9.17, 15) is 13.6 Å². The fourth-order valence-corrected chi connectivity index (χ4v) is 2.63. The Morgan fingerprint density at radius 2 is 2.00 bits per heavy atom. The molecule has 2 rings (SSSR count). The first-order valence-corrected chi connectivity index (χ1v) is 8.59. The van der Waals surface area contributed by atoms with Crippen LogP contribution in [0, 0.1) is 11.3 Å². The lowest BCUT2D eigenvalue weighted by molar-refractivity contribution is -0.907. The predicted molar refractivity (Wildman–Crippen MR) is 99.5 cm³/mol. The van der Waals surface area contributed by atoms with E-state index in [1.807, 2.05) is 13.1 Å². The fraction of sp³-hybridized carbons (Fsp3) is 0.300. The molecule has 0 aliphatic rings. The molecule has 8 heteroatoms. The molecule has 0 aliphatic carbocycles. The third kappa shape index (κ3) is 5.66. The van der Waals surface area contributed by atoms with Gasteiger partial charge in [0, 0.05) is 11.3 Å². The Morgan fingerprint density at radius 3 is 2.64 bits per heavy atom. The average Bonchev–Trinajstić information content (AvgIpc) is 2.68. The first-order valence-electron chi connectivity index (χ1n) is 8.59. The highest BCUT2D eigenvalue weighted by atomic mass is 19.3. The number of ether oxygens (including phenoxy) is 2. The SMILES string of the molecule is COc1cc(C[NH+](C)[C@H](C)C(=O)Nc2cccc(C#N)c2)ccc1OC(F)F. The molecule has 2 aromatic carbocycles. The van der Waals surface area contributed by atoms with Crippen LogP contribution in [-0.2, 0) is 11.3 Å².